The predicted octanol–water partition coefficient (Wildman–Crippen LogP) is 17.6. The van der Waals surface area contributed by atoms with Gasteiger partial charge in [0.1, 0.15) is 23.5 Å². The van der Waals surface area contributed by atoms with Gasteiger partial charge in [0.2, 0.25) is 0 Å². The van der Waals surface area contributed by atoms with Gasteiger partial charge in [0.25, 0.3) is 0 Å². The quantitative estimate of drug-likeness (QED) is 0.166. The zero-order chi connectivity index (χ0) is 47.4. The third-order valence-corrected chi connectivity index (χ3v) is 17.2. The van der Waals surface area contributed by atoms with Crippen molar-refractivity contribution in [3.05, 3.63) is 231 Å². The van der Waals surface area contributed by atoms with E-state index in [9.17, 15) is 0 Å². The maximum Gasteiger partial charge on any atom is 0.136 e. The van der Waals surface area contributed by atoms with Gasteiger partial charge in [-0.2, -0.15) is 0 Å². The number of rotatable bonds is 6. The van der Waals surface area contributed by atoms with Gasteiger partial charge in [0, 0.05) is 38.1 Å². The molecule has 2 nitrogen and oxygen atoms in total. The van der Waals surface area contributed by atoms with E-state index in [-0.39, 0.29) is 16.2 Å². The molecule has 2 heterocycles. The van der Waals surface area contributed by atoms with Crippen LogP contribution in [0.3, 0.4) is 0 Å². The highest BCUT2D eigenvalue weighted by atomic mass is 16.5. The SMILES string of the molecule is Cc1cccc(-c2cc3c(c4c2OCc2ccccc2-4)-c2ccc(CC(Cc4ccc5c(c4)C(C)(C)c4cc6c(cc4-5)C(C)(C)c4ccc5oc7ccccc7c5c4-6)c4ccccc4)cc2C3(C)C)c1. The van der Waals surface area contributed by atoms with Crippen LogP contribution in [-0.4, -0.2) is 0 Å². The molecule has 0 bridgehead atoms. The van der Waals surface area contributed by atoms with E-state index in [1.54, 1.807) is 0 Å². The first kappa shape index (κ1) is 41.5. The van der Waals surface area contributed by atoms with Crippen LogP contribution in [0.1, 0.15) is 109 Å². The lowest BCUT2D eigenvalue weighted by atomic mass is 9.78. The second-order valence-corrected chi connectivity index (χ2v) is 22.4. The minimum absolute atomic E-state index is 0.138. The fraction of sp³-hybridized carbons (Fsp3) is 0.206. The molecular weight excluding hydrogens is 849 g/mol. The van der Waals surface area contributed by atoms with Gasteiger partial charge >= 0.3 is 0 Å². The Labute approximate surface area is 411 Å². The van der Waals surface area contributed by atoms with Gasteiger partial charge in [0.05, 0.1) is 0 Å². The summed E-state index contributed by atoms with van der Waals surface area (Å²) >= 11 is 0. The predicted molar refractivity (Wildman–Crippen MR) is 289 cm³/mol. The lowest BCUT2D eigenvalue weighted by Crippen LogP contribution is -2.17. The van der Waals surface area contributed by atoms with Gasteiger partial charge in [0.15, 0.2) is 0 Å². The van der Waals surface area contributed by atoms with Gasteiger partial charge in [-0.3, -0.25) is 0 Å². The number of fused-ring (bicyclic) bond motifs is 17. The summed E-state index contributed by atoms with van der Waals surface area (Å²) < 4.78 is 13.2. The summed E-state index contributed by atoms with van der Waals surface area (Å²) in [7, 11) is 0. The van der Waals surface area contributed by atoms with E-state index in [2.05, 4.69) is 218 Å². The zero-order valence-electron chi connectivity index (χ0n) is 41.2. The summed E-state index contributed by atoms with van der Waals surface area (Å²) in [6.45, 7) is 17.3. The van der Waals surface area contributed by atoms with Gasteiger partial charge in [-0.05, 0) is 156 Å². The molecule has 14 rings (SSSR count). The molecule has 0 fully saturated rings. The molecule has 0 radical (unpaired) electrons. The maximum absolute atomic E-state index is 6.78. The molecule has 0 spiro atoms. The molecule has 0 saturated heterocycles. The van der Waals surface area contributed by atoms with E-state index in [0.717, 1.165) is 29.8 Å². The van der Waals surface area contributed by atoms with Gasteiger partial charge in [-0.15, -0.1) is 0 Å². The van der Waals surface area contributed by atoms with Gasteiger partial charge in [-0.1, -0.05) is 187 Å². The van der Waals surface area contributed by atoms with Crippen molar-refractivity contribution in [2.45, 2.75) is 90.1 Å². The topological polar surface area (TPSA) is 22.4 Å². The molecule has 1 atom stereocenters. The first-order chi connectivity index (χ1) is 33.9. The van der Waals surface area contributed by atoms with Crippen LogP contribution in [-0.2, 0) is 35.7 Å². The number of ether oxygens (including phenoxy) is 1. The largest absolute Gasteiger partial charge is 0.488 e. The summed E-state index contributed by atoms with van der Waals surface area (Å²) in [5.41, 5.74) is 29.5. The number of hydrogen-bond acceptors (Lipinski definition) is 2. The number of aryl methyl sites for hydroxylation is 1. The molecule has 0 amide bonds. The second kappa shape index (κ2) is 14.6. The first-order valence-corrected chi connectivity index (χ1v) is 25.3. The van der Waals surface area contributed by atoms with Crippen molar-refractivity contribution in [1.29, 1.82) is 0 Å². The fourth-order valence-corrected chi connectivity index (χ4v) is 13.6. The molecule has 2 heteroatoms. The van der Waals surface area contributed by atoms with Crippen molar-refractivity contribution in [1.82, 2.24) is 0 Å². The summed E-state index contributed by atoms with van der Waals surface area (Å²) in [4.78, 5) is 0. The van der Waals surface area contributed by atoms with Crippen LogP contribution in [0.15, 0.2) is 174 Å². The minimum Gasteiger partial charge on any atom is -0.488 e. The van der Waals surface area contributed by atoms with Crippen molar-refractivity contribution in [2.24, 2.45) is 0 Å². The minimum atomic E-state index is -0.209. The van der Waals surface area contributed by atoms with E-state index in [0.29, 0.717) is 12.5 Å². The van der Waals surface area contributed by atoms with Crippen LogP contribution in [0.5, 0.6) is 5.75 Å². The Morgan fingerprint density at radius 3 is 1.89 bits per heavy atom. The average Bonchev–Trinajstić information content (AvgIpc) is 4.01. The highest BCUT2D eigenvalue weighted by Gasteiger charge is 2.44. The lowest BCUT2D eigenvalue weighted by Gasteiger charge is -2.28. The zero-order valence-corrected chi connectivity index (χ0v) is 41.2. The molecular formula is C68H56O2. The lowest BCUT2D eigenvalue weighted by molar-refractivity contribution is 0.303. The Kier molecular flexibility index (Phi) is 8.64. The maximum atomic E-state index is 6.78. The van der Waals surface area contributed by atoms with E-state index in [1.807, 2.05) is 0 Å². The summed E-state index contributed by atoms with van der Waals surface area (Å²) in [6, 6.07) is 64.3. The van der Waals surface area contributed by atoms with Crippen molar-refractivity contribution in [3.8, 4) is 61.4 Å². The normalized spacial score (nSPS) is 16.1. The Bertz CT molecular complexity index is 3870. The summed E-state index contributed by atoms with van der Waals surface area (Å²) in [6.07, 6.45) is 1.90. The van der Waals surface area contributed by atoms with E-state index < -0.39 is 0 Å². The van der Waals surface area contributed by atoms with Crippen LogP contribution in [0.4, 0.5) is 0 Å². The molecule has 0 saturated carbocycles. The van der Waals surface area contributed by atoms with Crippen molar-refractivity contribution < 1.29 is 9.15 Å². The van der Waals surface area contributed by atoms with Crippen molar-refractivity contribution in [2.75, 3.05) is 0 Å². The van der Waals surface area contributed by atoms with E-state index in [1.165, 1.54) is 128 Å². The Balaban J connectivity index is 0.833. The third kappa shape index (κ3) is 5.80. The molecule has 10 aromatic rings. The summed E-state index contributed by atoms with van der Waals surface area (Å²) in [5.74, 6) is 1.30. The first-order valence-electron chi connectivity index (χ1n) is 25.3. The molecule has 3 aliphatic carbocycles. The Hall–Kier alpha value is -7.42. The molecule has 70 heavy (non-hydrogen) atoms. The van der Waals surface area contributed by atoms with E-state index >= 15 is 0 Å². The van der Waals surface area contributed by atoms with E-state index in [4.69, 9.17) is 9.15 Å². The molecule has 1 aromatic heterocycles. The summed E-state index contributed by atoms with van der Waals surface area (Å²) in [5, 5.41) is 2.44. The Morgan fingerprint density at radius 1 is 0.443 bits per heavy atom. The van der Waals surface area contributed by atoms with Gasteiger partial charge < -0.3 is 9.15 Å². The van der Waals surface area contributed by atoms with Crippen molar-refractivity contribution >= 4 is 21.9 Å². The highest BCUT2D eigenvalue weighted by molar-refractivity contribution is 6.15. The molecule has 340 valence electrons. The molecule has 9 aromatic carbocycles. The molecule has 4 aliphatic rings. The van der Waals surface area contributed by atoms with Gasteiger partial charge in [-0.25, -0.2) is 0 Å². The number of furan rings is 1. The monoisotopic (exact) mass is 904 g/mol. The smallest absolute Gasteiger partial charge is 0.136 e. The van der Waals surface area contributed by atoms with Crippen LogP contribution < -0.4 is 4.74 Å². The van der Waals surface area contributed by atoms with Crippen LogP contribution in [0.25, 0.3) is 77.6 Å². The van der Waals surface area contributed by atoms with Crippen LogP contribution >= 0.6 is 0 Å². The second-order valence-electron chi connectivity index (χ2n) is 22.4. The number of benzene rings is 9. The standard InChI is InChI=1S/C68H56O2/c1-39-16-15-20-43(30-39)50-35-58-61(64-46-21-12-11-19-44(46)38-69-65(50)64)48-27-25-41(34-55(48)68(58,6)7)32-45(42-17-9-8-10-18-42)31-40-24-26-47-51-36-57-52(37-56(51)67(4,5)54(47)33-40)62-53(66(57,2)3)28-29-60-63(62)49-22-13-14-23-59(49)70-60/h8-30,33-37,45H,31-32,38H2,1-7H3. The highest BCUT2D eigenvalue weighted by Crippen LogP contribution is 2.60. The molecule has 1 unspecified atom stereocenters. The third-order valence-electron chi connectivity index (χ3n) is 17.2. The average molecular weight is 905 g/mol. The number of para-hydroxylation sites is 1. The van der Waals surface area contributed by atoms with Crippen LogP contribution in [0, 0.1) is 6.92 Å². The molecule has 1 aliphatic heterocycles. The molecule has 0 N–H and O–H groups in total. The van der Waals surface area contributed by atoms with Crippen LogP contribution in [0.2, 0.25) is 0 Å². The fourth-order valence-electron chi connectivity index (χ4n) is 13.6. The number of hydrogen-bond donors (Lipinski definition) is 0. The Morgan fingerprint density at radius 2 is 1.09 bits per heavy atom. The van der Waals surface area contributed by atoms with Crippen molar-refractivity contribution in [3.63, 3.8) is 0 Å².